The first kappa shape index (κ1) is 28.6. The second kappa shape index (κ2) is 11.8. The van der Waals surface area contributed by atoms with Crippen LogP contribution in [0.1, 0.15) is 5.69 Å². The summed E-state index contributed by atoms with van der Waals surface area (Å²) in [5.41, 5.74) is 5.32. The first-order valence-electron chi connectivity index (χ1n) is 10.6. The molecule has 11 nitrogen and oxygen atoms in total. The fourth-order valence-corrected chi connectivity index (χ4v) is 8.17. The van der Waals surface area contributed by atoms with E-state index in [9.17, 15) is 29.5 Å². The Morgan fingerprint density at radius 3 is 2.76 bits per heavy atom. The molecule has 4 N–H and O–H groups in total. The largest absolute Gasteiger partial charge is 1.00 e. The molecule has 2 aromatic heterocycles. The number of nitrogen functional groups attached to an aromatic ring is 1. The van der Waals surface area contributed by atoms with Crippen molar-refractivity contribution in [3.8, 4) is 0 Å². The van der Waals surface area contributed by atoms with Crippen LogP contribution in [0.15, 0.2) is 61.1 Å². The second-order valence-electron chi connectivity index (χ2n) is 7.83. The summed E-state index contributed by atoms with van der Waals surface area (Å²) in [4.78, 5) is 55.0. The van der Waals surface area contributed by atoms with Crippen molar-refractivity contribution in [3.63, 3.8) is 0 Å². The maximum absolute atomic E-state index is 12.9. The minimum absolute atomic E-state index is 0. The van der Waals surface area contributed by atoms with Gasteiger partial charge in [0.1, 0.15) is 17.1 Å². The van der Waals surface area contributed by atoms with Gasteiger partial charge in [-0.15, -0.1) is 46.2 Å². The number of fused-ring (bicyclic) bond motifs is 2. The van der Waals surface area contributed by atoms with Crippen molar-refractivity contribution in [1.82, 2.24) is 15.2 Å². The van der Waals surface area contributed by atoms with Crippen LogP contribution in [0.3, 0.4) is 0 Å². The number of thiazole rings is 1. The van der Waals surface area contributed by atoms with Gasteiger partial charge in [0, 0.05) is 33.0 Å². The van der Waals surface area contributed by atoms with E-state index in [2.05, 4.69) is 15.5 Å². The number of nitrogens with zero attached hydrogens (tertiary/aromatic N) is 3. The maximum atomic E-state index is 12.9. The van der Waals surface area contributed by atoms with Gasteiger partial charge in [0.15, 0.2) is 16.3 Å². The average molecular weight is 598 g/mol. The van der Waals surface area contributed by atoms with Crippen LogP contribution in [0.2, 0.25) is 0 Å². The van der Waals surface area contributed by atoms with Gasteiger partial charge in [-0.1, -0.05) is 17.3 Å². The van der Waals surface area contributed by atoms with Gasteiger partial charge in [-0.05, 0) is 17.7 Å². The number of hydrogen-bond acceptors (Lipinski definition) is 13. The number of hydrogen-bond donors (Lipinski definition) is 3. The number of carbonyl (C=O) groups is 3. The molecule has 2 aliphatic heterocycles. The molecule has 0 unspecified atom stereocenters. The number of benzene rings is 1. The smallest absolute Gasteiger partial charge is 0.543 e. The van der Waals surface area contributed by atoms with Gasteiger partial charge in [-0.2, -0.15) is 0 Å². The predicted molar refractivity (Wildman–Crippen MR) is 141 cm³/mol. The Morgan fingerprint density at radius 2 is 2.08 bits per heavy atom. The summed E-state index contributed by atoms with van der Waals surface area (Å²) in [6, 6.07) is 7.73. The van der Waals surface area contributed by atoms with Crippen LogP contribution in [0.4, 0.5) is 5.13 Å². The molecule has 0 aliphatic carbocycles. The molecule has 38 heavy (non-hydrogen) atoms. The van der Waals surface area contributed by atoms with Crippen LogP contribution in [-0.2, 0) is 14.4 Å². The Labute approximate surface area is 253 Å². The number of nitrogens with two attached hydrogens (primary N) is 1. The Balaban J connectivity index is 0.00000336. The fourth-order valence-electron chi connectivity index (χ4n) is 3.91. The number of rotatable bonds is 7. The second-order valence-corrected chi connectivity index (χ2v) is 12.2. The number of β-lactam (4-membered cyclic amide) rings is 1. The molecule has 4 heterocycles. The Kier molecular flexibility index (Phi) is 8.86. The van der Waals surface area contributed by atoms with Crippen molar-refractivity contribution in [3.05, 3.63) is 62.9 Å². The third-order valence-electron chi connectivity index (χ3n) is 5.61. The SMILES string of the molecule is Nc1nc(/C(=N/O)C(=O)N[C@@H]2C(=O)N3C(C(=O)[O-])=C(CSc4cc(=O)c5ccccc5s4)CS[C@@H]23)cs1.[Na+]. The van der Waals surface area contributed by atoms with Crippen LogP contribution >= 0.6 is 46.2 Å². The zero-order valence-electron chi connectivity index (χ0n) is 19.6. The topological polar surface area (TPSA) is 178 Å². The first-order valence-corrected chi connectivity index (χ1v) is 14.3. The van der Waals surface area contributed by atoms with Crippen molar-refractivity contribution in [2.75, 3.05) is 17.2 Å². The summed E-state index contributed by atoms with van der Waals surface area (Å²) in [7, 11) is 0. The zero-order chi connectivity index (χ0) is 26.3. The number of carboxylic acids is 1. The molecule has 1 saturated heterocycles. The molecular formula is C22H16N5NaO6S4. The van der Waals surface area contributed by atoms with E-state index < -0.39 is 34.9 Å². The molecule has 2 aliphatic rings. The molecule has 1 fully saturated rings. The van der Waals surface area contributed by atoms with Crippen LogP contribution in [0.25, 0.3) is 10.1 Å². The third kappa shape index (κ3) is 5.36. The first-order chi connectivity index (χ1) is 17.8. The molecule has 2 amide bonds. The van der Waals surface area contributed by atoms with Crippen molar-refractivity contribution in [2.24, 2.45) is 5.16 Å². The monoisotopic (exact) mass is 597 g/mol. The Hall–Kier alpha value is -2.40. The van der Waals surface area contributed by atoms with E-state index in [1.807, 2.05) is 12.1 Å². The third-order valence-corrected chi connectivity index (χ3v) is 10.0. The maximum Gasteiger partial charge on any atom is 1.00 e. The summed E-state index contributed by atoms with van der Waals surface area (Å²) < 4.78 is 1.55. The Bertz CT molecular complexity index is 1570. The van der Waals surface area contributed by atoms with Crippen LogP contribution in [0.5, 0.6) is 0 Å². The predicted octanol–water partition coefficient (Wildman–Crippen LogP) is -2.32. The number of aliphatic carboxylic acids is 1. The van der Waals surface area contributed by atoms with E-state index >= 15 is 0 Å². The van der Waals surface area contributed by atoms with Gasteiger partial charge < -0.3 is 26.2 Å². The van der Waals surface area contributed by atoms with E-state index in [0.717, 1.165) is 25.1 Å². The van der Waals surface area contributed by atoms with Crippen LogP contribution in [-0.4, -0.2) is 61.5 Å². The minimum atomic E-state index is -1.50. The molecule has 0 saturated carbocycles. The molecule has 5 rings (SSSR count). The summed E-state index contributed by atoms with van der Waals surface area (Å²) in [5, 5.41) is 28.3. The van der Waals surface area contributed by atoms with Gasteiger partial charge in [0.25, 0.3) is 11.8 Å². The van der Waals surface area contributed by atoms with Crippen molar-refractivity contribution >= 4 is 84.9 Å². The van der Waals surface area contributed by atoms with Gasteiger partial charge in [-0.3, -0.25) is 19.3 Å². The van der Waals surface area contributed by atoms with Crippen molar-refractivity contribution in [1.29, 1.82) is 0 Å². The number of oxime groups is 1. The van der Waals surface area contributed by atoms with Crippen molar-refractivity contribution in [2.45, 2.75) is 15.6 Å². The fraction of sp³-hybridized carbons (Fsp3) is 0.182. The van der Waals surface area contributed by atoms with E-state index in [-0.39, 0.29) is 63.0 Å². The molecule has 190 valence electrons. The number of anilines is 1. The van der Waals surface area contributed by atoms with Crippen LogP contribution < -0.4 is 51.1 Å². The summed E-state index contributed by atoms with van der Waals surface area (Å²) in [6.07, 6.45) is 0. The summed E-state index contributed by atoms with van der Waals surface area (Å²) in [6.45, 7) is 0. The number of thioether (sulfide) groups is 2. The molecule has 3 aromatic rings. The average Bonchev–Trinajstić information content (AvgIpc) is 3.31. The van der Waals surface area contributed by atoms with E-state index in [1.165, 1.54) is 46.3 Å². The van der Waals surface area contributed by atoms with E-state index in [1.54, 1.807) is 12.1 Å². The minimum Gasteiger partial charge on any atom is -0.543 e. The van der Waals surface area contributed by atoms with Gasteiger partial charge in [-0.25, -0.2) is 4.98 Å². The molecule has 16 heteroatoms. The summed E-state index contributed by atoms with van der Waals surface area (Å²) in [5.74, 6) is -2.45. The summed E-state index contributed by atoms with van der Waals surface area (Å²) >= 11 is 5.08. The normalized spacial score (nSPS) is 19.0. The van der Waals surface area contributed by atoms with Gasteiger partial charge >= 0.3 is 29.6 Å². The van der Waals surface area contributed by atoms with Gasteiger partial charge in [0.2, 0.25) is 0 Å². The van der Waals surface area contributed by atoms with E-state index in [0.29, 0.717) is 11.0 Å². The molecule has 0 radical (unpaired) electrons. The quantitative estimate of drug-likeness (QED) is 0.0669. The number of aromatic nitrogens is 1. The number of nitrogens with one attached hydrogen (secondary N) is 1. The van der Waals surface area contributed by atoms with Gasteiger partial charge in [0.05, 0.1) is 15.9 Å². The molecule has 2 atom stereocenters. The molecule has 1 aromatic carbocycles. The molecular weight excluding hydrogens is 582 g/mol. The number of amides is 2. The van der Waals surface area contributed by atoms with Crippen molar-refractivity contribution < 1.29 is 54.3 Å². The Morgan fingerprint density at radius 1 is 1.32 bits per heavy atom. The standard InChI is InChI=1S/C22H17N5O6S4.Na/c23-22-24-11(8-36-22)15(26-33)18(29)25-16-19(30)27-17(21(31)32)9(7-35-20(16)27)6-34-14-5-12(28)10-3-1-2-4-13(10)37-14;/h1-5,8,16,20,33H,6-7H2,(H2,23,24)(H,25,29)(H,31,32);/q;+1/p-1/b26-15-;/t16-,20+;/m1./s1. The van der Waals surface area contributed by atoms with E-state index in [4.69, 9.17) is 5.73 Å². The number of carbonyl (C=O) groups excluding carboxylic acids is 3. The zero-order valence-corrected chi connectivity index (χ0v) is 24.8. The number of carboxylic acid groups (broad SMARTS) is 1. The molecule has 0 bridgehead atoms. The molecule has 0 spiro atoms. The van der Waals surface area contributed by atoms with Crippen LogP contribution in [0, 0.1) is 0 Å².